The average molecular weight is 239 g/mol. The maximum atomic E-state index is 5.92. The molecule has 0 atom stereocenters. The molecule has 18 heavy (non-hydrogen) atoms. The first-order chi connectivity index (χ1) is 8.66. The van der Waals surface area contributed by atoms with Gasteiger partial charge in [0.1, 0.15) is 6.33 Å². The van der Waals surface area contributed by atoms with E-state index in [9.17, 15) is 0 Å². The van der Waals surface area contributed by atoms with Crippen molar-refractivity contribution in [2.75, 3.05) is 11.5 Å². The third-order valence-electron chi connectivity index (χ3n) is 3.01. The first-order valence-corrected chi connectivity index (χ1v) is 5.61. The van der Waals surface area contributed by atoms with Gasteiger partial charge in [-0.05, 0) is 30.2 Å². The Labute approximate surface area is 104 Å². The highest BCUT2D eigenvalue weighted by Crippen LogP contribution is 2.32. The number of benzene rings is 1. The topological polar surface area (TPSA) is 82.2 Å². The lowest BCUT2D eigenvalue weighted by Crippen LogP contribution is -1.98. The summed E-state index contributed by atoms with van der Waals surface area (Å²) in [4.78, 5) is 0. The van der Waals surface area contributed by atoms with Crippen LogP contribution in [0.25, 0.3) is 16.6 Å². The second kappa shape index (κ2) is 3.73. The zero-order valence-corrected chi connectivity index (χ0v) is 9.96. The molecule has 0 fully saturated rings. The summed E-state index contributed by atoms with van der Waals surface area (Å²) in [6.07, 6.45) is 3.64. The van der Waals surface area contributed by atoms with E-state index in [1.165, 1.54) is 0 Å². The second-order valence-electron chi connectivity index (χ2n) is 4.28. The van der Waals surface area contributed by atoms with Gasteiger partial charge in [-0.25, -0.2) is 0 Å². The van der Waals surface area contributed by atoms with Gasteiger partial charge >= 0.3 is 0 Å². The molecular weight excluding hydrogens is 226 g/mol. The van der Waals surface area contributed by atoms with Crippen LogP contribution in [-0.4, -0.2) is 14.6 Å². The smallest absolute Gasteiger partial charge is 0.171 e. The summed E-state index contributed by atoms with van der Waals surface area (Å²) in [7, 11) is 0. The summed E-state index contributed by atoms with van der Waals surface area (Å²) in [5.41, 5.74) is 16.5. The van der Waals surface area contributed by atoms with Crippen LogP contribution in [0.2, 0.25) is 0 Å². The average Bonchev–Trinajstić information content (AvgIpc) is 2.68. The molecule has 5 nitrogen and oxygen atoms in total. The van der Waals surface area contributed by atoms with Gasteiger partial charge in [0.05, 0.1) is 5.52 Å². The van der Waals surface area contributed by atoms with Crippen LogP contribution in [0, 0.1) is 6.92 Å². The van der Waals surface area contributed by atoms with E-state index in [1.807, 2.05) is 41.8 Å². The molecule has 0 aliphatic carbocycles. The Kier molecular flexibility index (Phi) is 2.19. The van der Waals surface area contributed by atoms with Crippen LogP contribution >= 0.6 is 0 Å². The zero-order valence-electron chi connectivity index (χ0n) is 9.96. The molecule has 0 aliphatic heterocycles. The van der Waals surface area contributed by atoms with E-state index in [-0.39, 0.29) is 0 Å². The molecule has 3 aromatic rings. The number of nitrogens with two attached hydrogens (primary N) is 2. The largest absolute Gasteiger partial charge is 0.399 e. The van der Waals surface area contributed by atoms with Crippen molar-refractivity contribution in [3.8, 4) is 11.1 Å². The number of hydrogen-bond acceptors (Lipinski definition) is 4. The van der Waals surface area contributed by atoms with Crippen molar-refractivity contribution in [2.24, 2.45) is 0 Å². The summed E-state index contributed by atoms with van der Waals surface area (Å²) in [6.45, 7) is 2.04. The molecule has 0 unspecified atom stereocenters. The molecule has 5 heteroatoms. The summed E-state index contributed by atoms with van der Waals surface area (Å²) in [5, 5.41) is 7.75. The van der Waals surface area contributed by atoms with Crippen molar-refractivity contribution in [3.05, 3.63) is 42.4 Å². The molecule has 1 aromatic carbocycles. The second-order valence-corrected chi connectivity index (χ2v) is 4.28. The Morgan fingerprint density at radius 2 is 1.83 bits per heavy atom. The van der Waals surface area contributed by atoms with Crippen molar-refractivity contribution in [1.29, 1.82) is 0 Å². The molecule has 0 aliphatic rings. The van der Waals surface area contributed by atoms with Crippen molar-refractivity contribution in [1.82, 2.24) is 14.6 Å². The van der Waals surface area contributed by atoms with E-state index >= 15 is 0 Å². The molecular formula is C13H13N5. The molecule has 3 rings (SSSR count). The number of rotatable bonds is 1. The van der Waals surface area contributed by atoms with E-state index in [4.69, 9.17) is 11.5 Å². The molecule has 2 aromatic heterocycles. The zero-order chi connectivity index (χ0) is 12.7. The van der Waals surface area contributed by atoms with Crippen LogP contribution in [0.4, 0.5) is 11.5 Å². The van der Waals surface area contributed by atoms with Crippen LogP contribution < -0.4 is 11.5 Å². The van der Waals surface area contributed by atoms with E-state index < -0.39 is 0 Å². The van der Waals surface area contributed by atoms with Gasteiger partial charge in [-0.3, -0.25) is 0 Å². The minimum absolute atomic E-state index is 0.428. The maximum Gasteiger partial charge on any atom is 0.171 e. The monoisotopic (exact) mass is 239 g/mol. The van der Waals surface area contributed by atoms with E-state index in [0.717, 1.165) is 27.9 Å². The van der Waals surface area contributed by atoms with Crippen LogP contribution in [0.5, 0.6) is 0 Å². The Bertz CT molecular complexity index is 712. The molecule has 0 radical (unpaired) electrons. The molecule has 0 amide bonds. The predicted molar refractivity (Wildman–Crippen MR) is 72.0 cm³/mol. The Morgan fingerprint density at radius 3 is 2.56 bits per heavy atom. The minimum atomic E-state index is 0.428. The van der Waals surface area contributed by atoms with E-state index in [2.05, 4.69) is 10.2 Å². The fourth-order valence-corrected chi connectivity index (χ4v) is 2.21. The van der Waals surface area contributed by atoms with Gasteiger partial charge in [-0.2, -0.15) is 0 Å². The molecule has 0 saturated heterocycles. The lowest BCUT2D eigenvalue weighted by molar-refractivity contribution is 0.958. The fourth-order valence-electron chi connectivity index (χ4n) is 2.21. The lowest BCUT2D eigenvalue weighted by atomic mass is 10.0. The SMILES string of the molecule is Cc1cn2cnnc(N)c2c1-c1ccc(N)cc1. The molecule has 0 spiro atoms. The Hall–Kier alpha value is -2.56. The Balaban J connectivity index is 2.34. The standard InChI is InChI=1S/C13H13N5/c1-8-6-18-7-16-17-13(15)12(18)11(8)9-2-4-10(14)5-3-9/h2-7H,14H2,1H3,(H2,15,17). The molecule has 2 heterocycles. The fraction of sp³-hybridized carbons (Fsp3) is 0.0769. The van der Waals surface area contributed by atoms with Gasteiger partial charge in [-0.1, -0.05) is 12.1 Å². The first kappa shape index (κ1) is 10.6. The highest BCUT2D eigenvalue weighted by molar-refractivity contribution is 5.90. The normalized spacial score (nSPS) is 10.9. The number of hydrogen-bond donors (Lipinski definition) is 2. The Morgan fingerprint density at radius 1 is 1.11 bits per heavy atom. The number of nitrogen functional groups attached to an aromatic ring is 2. The number of fused-ring (bicyclic) bond motifs is 1. The van der Waals surface area contributed by atoms with Gasteiger partial charge in [0.15, 0.2) is 5.82 Å². The minimum Gasteiger partial charge on any atom is -0.399 e. The molecule has 90 valence electrons. The predicted octanol–water partition coefficient (Wildman–Crippen LogP) is 1.87. The van der Waals surface area contributed by atoms with Crippen molar-refractivity contribution < 1.29 is 0 Å². The third kappa shape index (κ3) is 1.48. The van der Waals surface area contributed by atoms with Gasteiger partial charge in [-0.15, -0.1) is 10.2 Å². The van der Waals surface area contributed by atoms with Crippen LogP contribution in [-0.2, 0) is 0 Å². The van der Waals surface area contributed by atoms with E-state index in [1.54, 1.807) is 6.33 Å². The first-order valence-electron chi connectivity index (χ1n) is 5.61. The number of nitrogens with zero attached hydrogens (tertiary/aromatic N) is 3. The van der Waals surface area contributed by atoms with Gasteiger partial charge in [0.25, 0.3) is 0 Å². The summed E-state index contributed by atoms with van der Waals surface area (Å²) in [6, 6.07) is 7.72. The summed E-state index contributed by atoms with van der Waals surface area (Å²) >= 11 is 0. The van der Waals surface area contributed by atoms with Crippen LogP contribution in [0.3, 0.4) is 0 Å². The van der Waals surface area contributed by atoms with Crippen molar-refractivity contribution >= 4 is 17.0 Å². The third-order valence-corrected chi connectivity index (χ3v) is 3.01. The van der Waals surface area contributed by atoms with Crippen LogP contribution in [0.15, 0.2) is 36.8 Å². The van der Waals surface area contributed by atoms with Gasteiger partial charge in [0, 0.05) is 17.4 Å². The van der Waals surface area contributed by atoms with Gasteiger partial charge in [0.2, 0.25) is 0 Å². The summed E-state index contributed by atoms with van der Waals surface area (Å²) < 4.78 is 1.89. The van der Waals surface area contributed by atoms with Gasteiger partial charge < -0.3 is 15.9 Å². The highest BCUT2D eigenvalue weighted by Gasteiger charge is 2.13. The summed E-state index contributed by atoms with van der Waals surface area (Å²) in [5.74, 6) is 0.428. The number of anilines is 2. The highest BCUT2D eigenvalue weighted by atomic mass is 15.2. The van der Waals surface area contributed by atoms with E-state index in [0.29, 0.717) is 5.82 Å². The quantitative estimate of drug-likeness (QED) is 0.635. The number of aromatic nitrogens is 3. The molecule has 0 bridgehead atoms. The molecule has 4 N–H and O–H groups in total. The maximum absolute atomic E-state index is 5.92. The van der Waals surface area contributed by atoms with Crippen molar-refractivity contribution in [3.63, 3.8) is 0 Å². The van der Waals surface area contributed by atoms with Crippen molar-refractivity contribution in [2.45, 2.75) is 6.92 Å². The van der Waals surface area contributed by atoms with Crippen LogP contribution in [0.1, 0.15) is 5.56 Å². The lowest BCUT2D eigenvalue weighted by Gasteiger charge is -2.04. The molecule has 0 saturated carbocycles. The number of aryl methyl sites for hydroxylation is 1.